The molecule has 0 unspecified atom stereocenters. The summed E-state index contributed by atoms with van der Waals surface area (Å²) in [5, 5.41) is 2.82. The minimum Gasteiger partial charge on any atom is -0.435 e. The van der Waals surface area contributed by atoms with Crippen LogP contribution in [0.1, 0.15) is 24.3 Å². The predicted molar refractivity (Wildman–Crippen MR) is 73.9 cm³/mol. The van der Waals surface area contributed by atoms with Crippen molar-refractivity contribution in [1.82, 2.24) is 4.98 Å². The smallest absolute Gasteiger partial charge is 0.387 e. The van der Waals surface area contributed by atoms with Crippen LogP contribution < -0.4 is 10.5 Å². The third kappa shape index (κ3) is 2.53. The number of rotatable bonds is 4. The summed E-state index contributed by atoms with van der Waals surface area (Å²) < 4.78 is 28.8. The monoisotopic (exact) mass is 296 g/mol. The molecule has 0 radical (unpaired) electrons. The van der Waals surface area contributed by atoms with Gasteiger partial charge in [0, 0.05) is 10.9 Å². The molecule has 2 aromatic rings. The van der Waals surface area contributed by atoms with Crippen molar-refractivity contribution in [3.8, 4) is 17.0 Å². The average molecular weight is 296 g/mol. The van der Waals surface area contributed by atoms with Crippen LogP contribution in [0.3, 0.4) is 0 Å². The molecule has 1 fully saturated rings. The van der Waals surface area contributed by atoms with Crippen molar-refractivity contribution in [2.45, 2.75) is 31.4 Å². The van der Waals surface area contributed by atoms with Gasteiger partial charge in [-0.1, -0.05) is 12.1 Å². The van der Waals surface area contributed by atoms with Gasteiger partial charge in [-0.05, 0) is 31.4 Å². The average Bonchev–Trinajstić information content (AvgIpc) is 2.85. The van der Waals surface area contributed by atoms with E-state index < -0.39 is 6.61 Å². The maximum atomic E-state index is 12.2. The molecule has 1 heterocycles. The van der Waals surface area contributed by atoms with E-state index in [1.165, 1.54) is 17.4 Å². The van der Waals surface area contributed by atoms with Crippen molar-refractivity contribution in [2.75, 3.05) is 0 Å². The lowest BCUT2D eigenvalue weighted by atomic mass is 9.78. The Bertz CT molecular complexity index is 611. The maximum absolute atomic E-state index is 12.2. The van der Waals surface area contributed by atoms with Gasteiger partial charge in [0.1, 0.15) is 10.8 Å². The van der Waals surface area contributed by atoms with Gasteiger partial charge in [-0.2, -0.15) is 8.78 Å². The second-order valence-electron chi connectivity index (χ2n) is 4.95. The first kappa shape index (κ1) is 13.5. The van der Waals surface area contributed by atoms with Crippen LogP contribution in [-0.2, 0) is 5.54 Å². The zero-order valence-electron chi connectivity index (χ0n) is 10.7. The second kappa shape index (κ2) is 5.10. The normalized spacial score (nSPS) is 17.0. The number of alkyl halides is 2. The third-order valence-electron chi connectivity index (χ3n) is 3.53. The second-order valence-corrected chi connectivity index (χ2v) is 5.81. The van der Waals surface area contributed by atoms with Crippen LogP contribution in [0.15, 0.2) is 29.6 Å². The molecule has 1 aromatic carbocycles. The molecule has 0 bridgehead atoms. The van der Waals surface area contributed by atoms with Gasteiger partial charge in [-0.3, -0.25) is 0 Å². The van der Waals surface area contributed by atoms with E-state index in [1.54, 1.807) is 12.1 Å². The van der Waals surface area contributed by atoms with E-state index in [0.717, 1.165) is 35.5 Å². The summed E-state index contributed by atoms with van der Waals surface area (Å²) in [6.45, 7) is -2.82. The van der Waals surface area contributed by atoms with Gasteiger partial charge in [0.2, 0.25) is 0 Å². The summed E-state index contributed by atoms with van der Waals surface area (Å²) in [6.07, 6.45) is 3.03. The van der Waals surface area contributed by atoms with Gasteiger partial charge < -0.3 is 10.5 Å². The minimum atomic E-state index is -2.82. The molecule has 1 aromatic heterocycles. The van der Waals surface area contributed by atoms with Gasteiger partial charge in [0.25, 0.3) is 0 Å². The summed E-state index contributed by atoms with van der Waals surface area (Å²) in [4.78, 5) is 4.54. The molecule has 1 aliphatic rings. The highest BCUT2D eigenvalue weighted by atomic mass is 32.1. The van der Waals surface area contributed by atoms with E-state index in [-0.39, 0.29) is 11.3 Å². The molecule has 0 saturated heterocycles. The van der Waals surface area contributed by atoms with Crippen LogP contribution in [-0.4, -0.2) is 11.6 Å². The first-order chi connectivity index (χ1) is 9.57. The molecule has 3 nitrogen and oxygen atoms in total. The van der Waals surface area contributed by atoms with Crippen LogP contribution in [0, 0.1) is 0 Å². The van der Waals surface area contributed by atoms with Gasteiger partial charge in [0.05, 0.1) is 11.2 Å². The number of aromatic nitrogens is 1. The highest BCUT2D eigenvalue weighted by Crippen LogP contribution is 2.41. The number of hydrogen-bond acceptors (Lipinski definition) is 4. The number of nitrogens with two attached hydrogens (primary N) is 1. The quantitative estimate of drug-likeness (QED) is 0.934. The van der Waals surface area contributed by atoms with Crippen LogP contribution in [0.2, 0.25) is 0 Å². The van der Waals surface area contributed by atoms with E-state index in [1.807, 2.05) is 11.4 Å². The lowest BCUT2D eigenvalue weighted by Crippen LogP contribution is -2.43. The third-order valence-corrected chi connectivity index (χ3v) is 4.59. The van der Waals surface area contributed by atoms with Crippen molar-refractivity contribution in [3.63, 3.8) is 0 Å². The number of benzene rings is 1. The Kier molecular flexibility index (Phi) is 3.43. The number of hydrogen-bond donors (Lipinski definition) is 1. The molecular formula is C14H14F2N2OS. The molecule has 0 amide bonds. The molecule has 2 N–H and O–H groups in total. The summed E-state index contributed by atoms with van der Waals surface area (Å²) in [5.74, 6) is 0.137. The van der Waals surface area contributed by atoms with Crippen molar-refractivity contribution in [3.05, 3.63) is 34.7 Å². The van der Waals surface area contributed by atoms with Crippen LogP contribution in [0.4, 0.5) is 8.78 Å². The fourth-order valence-corrected chi connectivity index (χ4v) is 3.24. The lowest BCUT2D eigenvalue weighted by Gasteiger charge is -2.35. The molecule has 1 aliphatic carbocycles. The van der Waals surface area contributed by atoms with Crippen molar-refractivity contribution >= 4 is 11.3 Å². The Labute approximate surface area is 119 Å². The fourth-order valence-electron chi connectivity index (χ4n) is 2.24. The zero-order chi connectivity index (χ0) is 14.2. The van der Waals surface area contributed by atoms with Gasteiger partial charge >= 0.3 is 6.61 Å². The first-order valence-corrected chi connectivity index (χ1v) is 7.25. The number of nitrogens with zero attached hydrogens (tertiary/aromatic N) is 1. The van der Waals surface area contributed by atoms with Crippen molar-refractivity contribution < 1.29 is 13.5 Å². The van der Waals surface area contributed by atoms with Crippen molar-refractivity contribution in [1.29, 1.82) is 0 Å². The highest BCUT2D eigenvalue weighted by molar-refractivity contribution is 7.10. The molecule has 20 heavy (non-hydrogen) atoms. The molecule has 6 heteroatoms. The Balaban J connectivity index is 1.86. The van der Waals surface area contributed by atoms with E-state index in [0.29, 0.717) is 0 Å². The number of thiazole rings is 1. The van der Waals surface area contributed by atoms with Crippen molar-refractivity contribution in [2.24, 2.45) is 5.73 Å². The van der Waals surface area contributed by atoms with E-state index in [2.05, 4.69) is 9.72 Å². The Morgan fingerprint density at radius 3 is 2.80 bits per heavy atom. The van der Waals surface area contributed by atoms with E-state index >= 15 is 0 Å². The first-order valence-electron chi connectivity index (χ1n) is 6.37. The number of halogens is 2. The maximum Gasteiger partial charge on any atom is 0.387 e. The largest absolute Gasteiger partial charge is 0.435 e. The molecule has 1 saturated carbocycles. The topological polar surface area (TPSA) is 48.1 Å². The fraction of sp³-hybridized carbons (Fsp3) is 0.357. The van der Waals surface area contributed by atoms with Gasteiger partial charge in [-0.25, -0.2) is 4.98 Å². The molecule has 3 rings (SSSR count). The standard InChI is InChI=1S/C14H14F2N2OS/c15-13(16)19-10-4-1-3-9(7-10)11-8-20-12(18-11)14(17)5-2-6-14/h1,3-4,7-8,13H,2,5-6,17H2. The summed E-state index contributed by atoms with van der Waals surface area (Å²) >= 11 is 1.52. The van der Waals surface area contributed by atoms with Gasteiger partial charge in [0.15, 0.2) is 0 Å². The van der Waals surface area contributed by atoms with Crippen LogP contribution in [0.5, 0.6) is 5.75 Å². The summed E-state index contributed by atoms with van der Waals surface area (Å²) in [5.41, 5.74) is 7.45. The van der Waals surface area contributed by atoms with Crippen LogP contribution in [0.25, 0.3) is 11.3 Å². The zero-order valence-corrected chi connectivity index (χ0v) is 11.5. The minimum absolute atomic E-state index is 0.137. The van der Waals surface area contributed by atoms with Crippen LogP contribution >= 0.6 is 11.3 Å². The molecular weight excluding hydrogens is 282 g/mol. The van der Waals surface area contributed by atoms with E-state index in [4.69, 9.17) is 5.73 Å². The van der Waals surface area contributed by atoms with E-state index in [9.17, 15) is 8.78 Å². The molecule has 0 spiro atoms. The van der Waals surface area contributed by atoms with Gasteiger partial charge in [-0.15, -0.1) is 11.3 Å². The molecule has 0 atom stereocenters. The summed E-state index contributed by atoms with van der Waals surface area (Å²) in [7, 11) is 0. The molecule has 0 aliphatic heterocycles. The Morgan fingerprint density at radius 2 is 2.15 bits per heavy atom. The Morgan fingerprint density at radius 1 is 1.35 bits per heavy atom. The molecule has 106 valence electrons. The lowest BCUT2D eigenvalue weighted by molar-refractivity contribution is -0.0498. The highest BCUT2D eigenvalue weighted by Gasteiger charge is 2.37. The SMILES string of the molecule is NC1(c2nc(-c3cccc(OC(F)F)c3)cs2)CCC1. The Hall–Kier alpha value is -1.53. The predicted octanol–water partition coefficient (Wildman–Crippen LogP) is 3.75. The number of ether oxygens (including phenoxy) is 1. The summed E-state index contributed by atoms with van der Waals surface area (Å²) in [6, 6.07) is 6.56.